The van der Waals surface area contributed by atoms with E-state index in [1.54, 1.807) is 12.1 Å². The van der Waals surface area contributed by atoms with Gasteiger partial charge in [-0.15, -0.1) is 0 Å². The molecule has 3 heteroatoms. The number of amides is 1. The van der Waals surface area contributed by atoms with Crippen molar-refractivity contribution in [3.05, 3.63) is 71.8 Å². The summed E-state index contributed by atoms with van der Waals surface area (Å²) in [6.45, 7) is 2.99. The van der Waals surface area contributed by atoms with Crippen molar-refractivity contribution in [1.82, 2.24) is 5.32 Å². The zero-order valence-corrected chi connectivity index (χ0v) is 11.6. The molecule has 2 rings (SSSR count). The molecule has 0 unspecified atom stereocenters. The molecule has 0 saturated carbocycles. The second-order valence-corrected chi connectivity index (χ2v) is 4.74. The molecule has 0 radical (unpaired) electrons. The number of rotatable bonds is 6. The third kappa shape index (κ3) is 4.52. The Kier molecular flexibility index (Phi) is 5.33. The normalized spacial score (nSPS) is 11.8. The summed E-state index contributed by atoms with van der Waals surface area (Å²) in [7, 11) is 0. The lowest BCUT2D eigenvalue weighted by molar-refractivity contribution is 0.0820. The van der Waals surface area contributed by atoms with Crippen LogP contribution in [0.15, 0.2) is 60.7 Å². The van der Waals surface area contributed by atoms with E-state index >= 15 is 0 Å². The number of benzene rings is 2. The van der Waals surface area contributed by atoms with Gasteiger partial charge in [-0.25, -0.2) is 0 Å². The Bertz CT molecular complexity index is 525. The van der Waals surface area contributed by atoms with Gasteiger partial charge in [-0.1, -0.05) is 48.5 Å². The van der Waals surface area contributed by atoms with Crippen LogP contribution in [0.25, 0.3) is 0 Å². The Morgan fingerprint density at radius 2 is 1.65 bits per heavy atom. The van der Waals surface area contributed by atoms with E-state index in [4.69, 9.17) is 4.74 Å². The van der Waals surface area contributed by atoms with Gasteiger partial charge < -0.3 is 10.1 Å². The Morgan fingerprint density at radius 3 is 2.30 bits per heavy atom. The Morgan fingerprint density at radius 1 is 1.05 bits per heavy atom. The van der Waals surface area contributed by atoms with Crippen LogP contribution >= 0.6 is 0 Å². The van der Waals surface area contributed by atoms with E-state index in [2.05, 4.69) is 5.32 Å². The molecular weight excluding hydrogens is 250 g/mol. The van der Waals surface area contributed by atoms with Gasteiger partial charge in [-0.2, -0.15) is 0 Å². The first kappa shape index (κ1) is 14.3. The van der Waals surface area contributed by atoms with E-state index in [-0.39, 0.29) is 11.9 Å². The van der Waals surface area contributed by atoms with Crippen molar-refractivity contribution in [1.29, 1.82) is 0 Å². The first-order valence-electron chi connectivity index (χ1n) is 6.73. The maximum atomic E-state index is 11.9. The molecule has 20 heavy (non-hydrogen) atoms. The quantitative estimate of drug-likeness (QED) is 0.875. The van der Waals surface area contributed by atoms with Crippen molar-refractivity contribution in [2.24, 2.45) is 0 Å². The highest BCUT2D eigenvalue weighted by Gasteiger charge is 2.09. The van der Waals surface area contributed by atoms with E-state index in [1.807, 2.05) is 55.5 Å². The third-order valence-corrected chi connectivity index (χ3v) is 2.89. The largest absolute Gasteiger partial charge is 0.375 e. The number of hydrogen-bond donors (Lipinski definition) is 1. The minimum absolute atomic E-state index is 0.0218. The summed E-state index contributed by atoms with van der Waals surface area (Å²) >= 11 is 0. The van der Waals surface area contributed by atoms with Crippen LogP contribution in [0.5, 0.6) is 0 Å². The maximum absolute atomic E-state index is 11.9. The topological polar surface area (TPSA) is 38.3 Å². The molecule has 1 atom stereocenters. The van der Waals surface area contributed by atoms with Gasteiger partial charge in [0.15, 0.2) is 0 Å². The number of hydrogen-bond acceptors (Lipinski definition) is 2. The molecule has 2 aromatic rings. The highest BCUT2D eigenvalue weighted by molar-refractivity contribution is 5.94. The van der Waals surface area contributed by atoms with Crippen LogP contribution in [0, 0.1) is 0 Å². The summed E-state index contributed by atoms with van der Waals surface area (Å²) in [4.78, 5) is 11.9. The van der Waals surface area contributed by atoms with Gasteiger partial charge in [-0.05, 0) is 24.6 Å². The van der Waals surface area contributed by atoms with E-state index in [0.29, 0.717) is 18.8 Å². The molecule has 0 heterocycles. The summed E-state index contributed by atoms with van der Waals surface area (Å²) < 4.78 is 5.60. The molecule has 3 nitrogen and oxygen atoms in total. The fourth-order valence-electron chi connectivity index (χ4n) is 1.87. The molecule has 1 N–H and O–H groups in total. The average molecular weight is 269 g/mol. The molecule has 0 aromatic heterocycles. The minimum atomic E-state index is -0.0681. The Balaban J connectivity index is 1.73. The highest BCUT2D eigenvalue weighted by atomic mass is 16.5. The number of nitrogens with one attached hydrogen (secondary N) is 1. The van der Waals surface area contributed by atoms with E-state index in [0.717, 1.165) is 5.56 Å². The predicted molar refractivity (Wildman–Crippen MR) is 79.5 cm³/mol. The molecule has 0 saturated heterocycles. The first-order valence-corrected chi connectivity index (χ1v) is 6.73. The fourth-order valence-corrected chi connectivity index (χ4v) is 1.87. The molecule has 0 bridgehead atoms. The average Bonchev–Trinajstić information content (AvgIpc) is 2.49. The lowest BCUT2D eigenvalue weighted by Gasteiger charge is -2.14. The first-order chi connectivity index (χ1) is 9.75. The maximum Gasteiger partial charge on any atom is 0.251 e. The smallest absolute Gasteiger partial charge is 0.251 e. The highest BCUT2D eigenvalue weighted by Crippen LogP contribution is 2.02. The summed E-state index contributed by atoms with van der Waals surface area (Å²) in [6.07, 6.45) is 0. The van der Waals surface area contributed by atoms with Crippen LogP contribution in [-0.2, 0) is 11.3 Å². The second-order valence-electron chi connectivity index (χ2n) is 4.74. The van der Waals surface area contributed by atoms with E-state index < -0.39 is 0 Å². The van der Waals surface area contributed by atoms with Gasteiger partial charge in [0.25, 0.3) is 5.91 Å². The van der Waals surface area contributed by atoms with Crippen molar-refractivity contribution in [3.8, 4) is 0 Å². The lowest BCUT2D eigenvalue weighted by atomic mass is 10.2. The van der Waals surface area contributed by atoms with E-state index in [9.17, 15) is 4.79 Å². The number of carbonyl (C=O) groups is 1. The summed E-state index contributed by atoms with van der Waals surface area (Å²) in [6, 6.07) is 19.2. The molecular formula is C17H19NO2. The minimum Gasteiger partial charge on any atom is -0.375 e. The molecule has 0 fully saturated rings. The zero-order chi connectivity index (χ0) is 14.2. The van der Waals surface area contributed by atoms with Crippen LogP contribution in [0.4, 0.5) is 0 Å². The second kappa shape index (κ2) is 7.46. The van der Waals surface area contributed by atoms with Gasteiger partial charge in [0.05, 0.1) is 13.2 Å². The molecule has 0 aliphatic carbocycles. The number of ether oxygens (including phenoxy) is 1. The van der Waals surface area contributed by atoms with Crippen LogP contribution in [0.2, 0.25) is 0 Å². The zero-order valence-electron chi connectivity index (χ0n) is 11.6. The van der Waals surface area contributed by atoms with Crippen molar-refractivity contribution >= 4 is 5.91 Å². The Hall–Kier alpha value is -2.13. The van der Waals surface area contributed by atoms with Crippen molar-refractivity contribution in [2.45, 2.75) is 19.6 Å². The lowest BCUT2D eigenvalue weighted by Crippen LogP contribution is -2.35. The molecule has 1 amide bonds. The van der Waals surface area contributed by atoms with Gasteiger partial charge in [-0.3, -0.25) is 4.79 Å². The van der Waals surface area contributed by atoms with Crippen LogP contribution < -0.4 is 5.32 Å². The molecule has 0 spiro atoms. The van der Waals surface area contributed by atoms with Gasteiger partial charge >= 0.3 is 0 Å². The fraction of sp³-hybridized carbons (Fsp3) is 0.235. The summed E-state index contributed by atoms with van der Waals surface area (Å²) in [5.74, 6) is -0.0681. The SMILES string of the molecule is C[C@@H](COCc1ccccc1)NC(=O)c1ccccc1. The van der Waals surface area contributed by atoms with Gasteiger partial charge in [0.2, 0.25) is 0 Å². The van der Waals surface area contributed by atoms with E-state index in [1.165, 1.54) is 0 Å². The number of carbonyl (C=O) groups excluding carboxylic acids is 1. The molecule has 0 aliphatic rings. The van der Waals surface area contributed by atoms with Gasteiger partial charge in [0.1, 0.15) is 0 Å². The van der Waals surface area contributed by atoms with Crippen LogP contribution in [0.3, 0.4) is 0 Å². The third-order valence-electron chi connectivity index (χ3n) is 2.89. The standard InChI is InChI=1S/C17H19NO2/c1-14(12-20-13-15-8-4-2-5-9-15)18-17(19)16-10-6-3-7-11-16/h2-11,14H,12-13H2,1H3,(H,18,19)/t14-/m0/s1. The predicted octanol–water partition coefficient (Wildman–Crippen LogP) is 3.02. The van der Waals surface area contributed by atoms with Crippen molar-refractivity contribution in [2.75, 3.05) is 6.61 Å². The Labute approximate surface area is 119 Å². The van der Waals surface area contributed by atoms with Crippen LogP contribution in [-0.4, -0.2) is 18.6 Å². The molecule has 2 aromatic carbocycles. The van der Waals surface area contributed by atoms with Crippen LogP contribution in [0.1, 0.15) is 22.8 Å². The van der Waals surface area contributed by atoms with Gasteiger partial charge in [0, 0.05) is 11.6 Å². The van der Waals surface area contributed by atoms with Crippen molar-refractivity contribution < 1.29 is 9.53 Å². The molecule has 0 aliphatic heterocycles. The van der Waals surface area contributed by atoms with Crippen molar-refractivity contribution in [3.63, 3.8) is 0 Å². The monoisotopic (exact) mass is 269 g/mol. The summed E-state index contributed by atoms with van der Waals surface area (Å²) in [5, 5.41) is 2.92. The summed E-state index contributed by atoms with van der Waals surface area (Å²) in [5.41, 5.74) is 1.80. The molecule has 104 valence electrons.